The van der Waals surface area contributed by atoms with E-state index in [1.165, 1.54) is 0 Å². The molecular formula is C9H14O3. The number of hydrogen-bond donors (Lipinski definition) is 0. The summed E-state index contributed by atoms with van der Waals surface area (Å²) in [6.45, 7) is 7.40. The largest absolute Gasteiger partial charge is 0.466 e. The van der Waals surface area contributed by atoms with E-state index in [9.17, 15) is 9.59 Å². The Bertz CT molecular complexity index is 184. The van der Waals surface area contributed by atoms with Crippen LogP contribution in [0.1, 0.15) is 20.3 Å². The molecule has 0 radical (unpaired) electrons. The predicted octanol–water partition coefficient (Wildman–Crippen LogP) is 1.33. The molecule has 0 aromatic rings. The highest BCUT2D eigenvalue weighted by molar-refractivity contribution is 5.78. The van der Waals surface area contributed by atoms with E-state index in [1.807, 2.05) is 0 Å². The van der Waals surface area contributed by atoms with Gasteiger partial charge in [-0.3, -0.25) is 4.79 Å². The molecule has 0 aliphatic carbocycles. The van der Waals surface area contributed by atoms with Crippen molar-refractivity contribution in [2.24, 2.45) is 5.92 Å². The van der Waals surface area contributed by atoms with E-state index >= 15 is 0 Å². The highest BCUT2D eigenvalue weighted by Crippen LogP contribution is 2.13. The maximum atomic E-state index is 11.1. The van der Waals surface area contributed by atoms with Gasteiger partial charge in [0.2, 0.25) is 0 Å². The first-order chi connectivity index (χ1) is 5.63. The molecule has 0 N–H and O–H groups in total. The first-order valence-corrected chi connectivity index (χ1v) is 3.89. The van der Waals surface area contributed by atoms with E-state index in [0.717, 1.165) is 0 Å². The van der Waals surface area contributed by atoms with Gasteiger partial charge in [-0.1, -0.05) is 12.2 Å². The van der Waals surface area contributed by atoms with E-state index in [0.29, 0.717) is 18.5 Å². The quantitative estimate of drug-likeness (QED) is 0.355. The van der Waals surface area contributed by atoms with Crippen molar-refractivity contribution in [3.05, 3.63) is 12.2 Å². The van der Waals surface area contributed by atoms with E-state index in [1.54, 1.807) is 13.8 Å². The monoisotopic (exact) mass is 170 g/mol. The lowest BCUT2D eigenvalue weighted by atomic mass is 9.99. The van der Waals surface area contributed by atoms with Crippen LogP contribution in [0.3, 0.4) is 0 Å². The smallest absolute Gasteiger partial charge is 0.313 e. The van der Waals surface area contributed by atoms with Crippen LogP contribution < -0.4 is 0 Å². The van der Waals surface area contributed by atoms with Crippen LogP contribution in [-0.2, 0) is 14.3 Å². The van der Waals surface area contributed by atoms with Gasteiger partial charge in [0.15, 0.2) is 0 Å². The topological polar surface area (TPSA) is 43.4 Å². The number of ether oxygens (including phenoxy) is 1. The minimum Gasteiger partial charge on any atom is -0.466 e. The van der Waals surface area contributed by atoms with Gasteiger partial charge in [0.05, 0.1) is 12.5 Å². The molecule has 0 bridgehead atoms. The van der Waals surface area contributed by atoms with Crippen molar-refractivity contribution in [2.75, 3.05) is 6.61 Å². The Hall–Kier alpha value is -1.12. The van der Waals surface area contributed by atoms with Crippen LogP contribution in [0.2, 0.25) is 0 Å². The first-order valence-electron chi connectivity index (χ1n) is 3.89. The van der Waals surface area contributed by atoms with Gasteiger partial charge in [-0.05, 0) is 13.8 Å². The standard InChI is InChI=1S/C9H14O3/c1-4-12-9(11)8(5-6-10)7(2)3/h6,8H,2,4-5H2,1,3H3. The highest BCUT2D eigenvalue weighted by atomic mass is 16.5. The summed E-state index contributed by atoms with van der Waals surface area (Å²) in [4.78, 5) is 21.3. The summed E-state index contributed by atoms with van der Waals surface area (Å²) < 4.78 is 4.76. The first kappa shape index (κ1) is 10.9. The molecule has 0 aliphatic heterocycles. The van der Waals surface area contributed by atoms with E-state index in [-0.39, 0.29) is 12.4 Å². The van der Waals surface area contributed by atoms with Crippen LogP contribution >= 0.6 is 0 Å². The summed E-state index contributed by atoms with van der Waals surface area (Å²) in [5.41, 5.74) is 0.667. The summed E-state index contributed by atoms with van der Waals surface area (Å²) in [5, 5.41) is 0. The summed E-state index contributed by atoms with van der Waals surface area (Å²) >= 11 is 0. The number of carbonyl (C=O) groups is 2. The van der Waals surface area contributed by atoms with Crippen molar-refractivity contribution >= 4 is 12.3 Å². The second-order valence-corrected chi connectivity index (χ2v) is 2.55. The number of rotatable bonds is 5. The third kappa shape index (κ3) is 3.32. The molecule has 0 spiro atoms. The van der Waals surface area contributed by atoms with Crippen molar-refractivity contribution in [1.82, 2.24) is 0 Å². The van der Waals surface area contributed by atoms with Gasteiger partial charge in [0, 0.05) is 6.42 Å². The minimum atomic E-state index is -0.470. The molecule has 0 aromatic carbocycles. The fraction of sp³-hybridized carbons (Fsp3) is 0.556. The molecule has 12 heavy (non-hydrogen) atoms. The normalized spacial score (nSPS) is 11.8. The van der Waals surface area contributed by atoms with E-state index in [4.69, 9.17) is 4.74 Å². The second-order valence-electron chi connectivity index (χ2n) is 2.55. The lowest BCUT2D eigenvalue weighted by Gasteiger charge is -2.11. The Kier molecular flexibility index (Phi) is 5.00. The highest BCUT2D eigenvalue weighted by Gasteiger charge is 2.19. The van der Waals surface area contributed by atoms with Gasteiger partial charge in [0.25, 0.3) is 0 Å². The number of carbonyl (C=O) groups excluding carboxylic acids is 2. The Morgan fingerprint density at radius 1 is 1.67 bits per heavy atom. The molecular weight excluding hydrogens is 156 g/mol. The molecule has 0 rings (SSSR count). The second kappa shape index (κ2) is 5.52. The molecule has 0 amide bonds. The van der Waals surface area contributed by atoms with Gasteiger partial charge in [-0.25, -0.2) is 0 Å². The lowest BCUT2D eigenvalue weighted by Crippen LogP contribution is -2.18. The van der Waals surface area contributed by atoms with Gasteiger partial charge < -0.3 is 9.53 Å². The molecule has 0 fully saturated rings. The van der Waals surface area contributed by atoms with Gasteiger partial charge in [-0.15, -0.1) is 0 Å². The summed E-state index contributed by atoms with van der Waals surface area (Å²) in [5.74, 6) is -0.834. The molecule has 0 saturated carbocycles. The Morgan fingerprint density at radius 2 is 2.25 bits per heavy atom. The van der Waals surface area contributed by atoms with Crippen molar-refractivity contribution in [3.63, 3.8) is 0 Å². The Morgan fingerprint density at radius 3 is 2.58 bits per heavy atom. The predicted molar refractivity (Wildman–Crippen MR) is 45.6 cm³/mol. The van der Waals surface area contributed by atoms with Gasteiger partial charge in [0.1, 0.15) is 6.29 Å². The zero-order valence-electron chi connectivity index (χ0n) is 7.50. The minimum absolute atomic E-state index is 0.161. The van der Waals surface area contributed by atoms with Crippen LogP contribution in [0.4, 0.5) is 0 Å². The number of hydrogen-bond acceptors (Lipinski definition) is 3. The van der Waals surface area contributed by atoms with Crippen LogP contribution in [-0.4, -0.2) is 18.9 Å². The van der Waals surface area contributed by atoms with Gasteiger partial charge in [-0.2, -0.15) is 0 Å². The average Bonchev–Trinajstić information content (AvgIpc) is 1.99. The molecule has 0 heterocycles. The van der Waals surface area contributed by atoms with Crippen molar-refractivity contribution in [3.8, 4) is 0 Å². The lowest BCUT2D eigenvalue weighted by molar-refractivity contribution is -0.147. The summed E-state index contributed by atoms with van der Waals surface area (Å²) in [6, 6.07) is 0. The molecule has 0 aromatic heterocycles. The van der Waals surface area contributed by atoms with Crippen LogP contribution in [0.15, 0.2) is 12.2 Å². The van der Waals surface area contributed by atoms with Crippen molar-refractivity contribution < 1.29 is 14.3 Å². The van der Waals surface area contributed by atoms with Crippen LogP contribution in [0.5, 0.6) is 0 Å². The maximum Gasteiger partial charge on any atom is 0.313 e. The Labute approximate surface area is 72.4 Å². The molecule has 68 valence electrons. The number of esters is 1. The van der Waals surface area contributed by atoms with Crippen LogP contribution in [0.25, 0.3) is 0 Å². The van der Waals surface area contributed by atoms with Crippen molar-refractivity contribution in [2.45, 2.75) is 20.3 Å². The third-order valence-corrected chi connectivity index (χ3v) is 1.50. The molecule has 1 atom stereocenters. The molecule has 0 aliphatic rings. The van der Waals surface area contributed by atoms with E-state index in [2.05, 4.69) is 6.58 Å². The van der Waals surface area contributed by atoms with E-state index < -0.39 is 5.92 Å². The third-order valence-electron chi connectivity index (χ3n) is 1.50. The fourth-order valence-corrected chi connectivity index (χ4v) is 0.838. The number of aldehydes is 1. The molecule has 1 unspecified atom stereocenters. The maximum absolute atomic E-state index is 11.1. The summed E-state index contributed by atoms with van der Waals surface area (Å²) in [7, 11) is 0. The zero-order valence-corrected chi connectivity index (χ0v) is 7.50. The van der Waals surface area contributed by atoms with Crippen molar-refractivity contribution in [1.29, 1.82) is 0 Å². The average molecular weight is 170 g/mol. The molecule has 3 nitrogen and oxygen atoms in total. The molecule has 0 saturated heterocycles. The van der Waals surface area contributed by atoms with Crippen LogP contribution in [0, 0.1) is 5.92 Å². The SMILES string of the molecule is C=C(C)C(CC=O)C(=O)OCC. The molecule has 3 heteroatoms. The van der Waals surface area contributed by atoms with Gasteiger partial charge >= 0.3 is 5.97 Å². The Balaban J connectivity index is 4.18. The summed E-state index contributed by atoms with van der Waals surface area (Å²) in [6.07, 6.45) is 0.866. The zero-order chi connectivity index (χ0) is 9.56. The fourth-order valence-electron chi connectivity index (χ4n) is 0.838.